The zero-order valence-electron chi connectivity index (χ0n) is 18.5. The highest BCUT2D eigenvalue weighted by molar-refractivity contribution is 7.99. The molecule has 2 aliphatic rings. The van der Waals surface area contributed by atoms with Gasteiger partial charge in [0, 0.05) is 63.8 Å². The number of nitrogens with one attached hydrogen (secondary N) is 1. The lowest BCUT2D eigenvalue weighted by molar-refractivity contribution is 0.0921. The fourth-order valence-electron chi connectivity index (χ4n) is 4.36. The summed E-state index contributed by atoms with van der Waals surface area (Å²) in [5.41, 5.74) is 2.17. The molecular formula is C22H30ClFN6OS. The summed E-state index contributed by atoms with van der Waals surface area (Å²) >= 11 is 7.91. The third-order valence-corrected chi connectivity index (χ3v) is 6.92. The average Bonchev–Trinajstić information content (AvgIpc) is 3.25. The maximum Gasteiger partial charge on any atom is 0.344 e. The molecule has 2 aliphatic heterocycles. The Morgan fingerprint density at radius 1 is 1.25 bits per heavy atom. The molecule has 0 spiro atoms. The van der Waals surface area contributed by atoms with E-state index in [1.54, 1.807) is 12.3 Å². The van der Waals surface area contributed by atoms with Crippen LogP contribution in [0.15, 0.2) is 30.5 Å². The van der Waals surface area contributed by atoms with Crippen molar-refractivity contribution in [2.24, 2.45) is 0 Å². The van der Waals surface area contributed by atoms with Gasteiger partial charge in [0.15, 0.2) is 5.82 Å². The zero-order chi connectivity index (χ0) is 22.7. The van der Waals surface area contributed by atoms with Crippen molar-refractivity contribution in [1.29, 1.82) is 0 Å². The Hall–Kier alpha value is -1.97. The van der Waals surface area contributed by atoms with Gasteiger partial charge in [0.2, 0.25) is 0 Å². The summed E-state index contributed by atoms with van der Waals surface area (Å²) in [4.78, 5) is 19.3. The standard InChI is InChI=1S/C22H30ClFN6OS/c1-16-14-29(22(31)30-10-7-21(25-30)26-32-2)12-11-28(16)15-17-3-4-19(23)20(13-17)27-8-5-18(24)6-9-27/h3-4,7,10,13,16,18H,5-6,8-9,11-12,14-15H2,1-2H3,(H,25,26). The monoisotopic (exact) mass is 480 g/mol. The summed E-state index contributed by atoms with van der Waals surface area (Å²) in [7, 11) is 0. The van der Waals surface area contributed by atoms with Crippen molar-refractivity contribution in [3.8, 4) is 0 Å². The second-order valence-corrected chi connectivity index (χ2v) is 9.47. The largest absolute Gasteiger partial charge is 0.370 e. The maximum absolute atomic E-state index is 13.5. The molecule has 1 aromatic carbocycles. The van der Waals surface area contributed by atoms with Crippen LogP contribution in [0.5, 0.6) is 0 Å². The summed E-state index contributed by atoms with van der Waals surface area (Å²) in [6, 6.07) is 8.04. The highest BCUT2D eigenvalue weighted by atomic mass is 35.5. The number of alkyl halides is 1. The Kier molecular flexibility index (Phi) is 7.48. The third kappa shape index (κ3) is 5.32. The lowest BCUT2D eigenvalue weighted by Gasteiger charge is -2.39. The van der Waals surface area contributed by atoms with Gasteiger partial charge >= 0.3 is 6.03 Å². The van der Waals surface area contributed by atoms with E-state index in [-0.39, 0.29) is 12.1 Å². The van der Waals surface area contributed by atoms with Crippen LogP contribution in [0.1, 0.15) is 25.3 Å². The quantitative estimate of drug-likeness (QED) is 0.642. The summed E-state index contributed by atoms with van der Waals surface area (Å²) in [5, 5.41) is 5.01. The Labute approximate surface area is 198 Å². The number of carbonyl (C=O) groups excluding carboxylic acids is 1. The molecule has 1 unspecified atom stereocenters. The van der Waals surface area contributed by atoms with Crippen molar-refractivity contribution in [2.45, 2.75) is 38.5 Å². The number of amides is 1. The molecule has 1 atom stereocenters. The summed E-state index contributed by atoms with van der Waals surface area (Å²) < 4.78 is 18.0. The van der Waals surface area contributed by atoms with Crippen LogP contribution < -0.4 is 9.62 Å². The first kappa shape index (κ1) is 23.2. The van der Waals surface area contributed by atoms with Crippen molar-refractivity contribution < 1.29 is 9.18 Å². The molecule has 1 N–H and O–H groups in total. The molecule has 2 aromatic rings. The molecule has 3 heterocycles. The fourth-order valence-corrected chi connectivity index (χ4v) is 4.92. The minimum Gasteiger partial charge on any atom is -0.370 e. The summed E-state index contributed by atoms with van der Waals surface area (Å²) in [5.74, 6) is 0.673. The van der Waals surface area contributed by atoms with E-state index in [9.17, 15) is 9.18 Å². The number of piperazine rings is 1. The number of hydrogen-bond donors (Lipinski definition) is 1. The molecule has 32 heavy (non-hydrogen) atoms. The first-order valence-electron chi connectivity index (χ1n) is 11.0. The van der Waals surface area contributed by atoms with Crippen LogP contribution in [0.3, 0.4) is 0 Å². The highest BCUT2D eigenvalue weighted by Gasteiger charge is 2.28. The Balaban J connectivity index is 1.37. The Bertz CT molecular complexity index is 935. The van der Waals surface area contributed by atoms with Crippen LogP contribution in [-0.4, -0.2) is 76.8 Å². The number of halogens is 2. The molecule has 7 nitrogen and oxygen atoms in total. The molecule has 2 fully saturated rings. The molecule has 0 radical (unpaired) electrons. The van der Waals surface area contributed by atoms with Gasteiger partial charge in [-0.1, -0.05) is 29.6 Å². The lowest BCUT2D eigenvalue weighted by atomic mass is 10.1. The van der Waals surface area contributed by atoms with E-state index in [2.05, 4.69) is 38.7 Å². The van der Waals surface area contributed by atoms with Gasteiger partial charge in [0.1, 0.15) is 6.17 Å². The van der Waals surface area contributed by atoms with Crippen molar-refractivity contribution in [2.75, 3.05) is 48.6 Å². The van der Waals surface area contributed by atoms with Gasteiger partial charge in [-0.15, -0.1) is 5.10 Å². The van der Waals surface area contributed by atoms with Gasteiger partial charge in [-0.25, -0.2) is 9.18 Å². The van der Waals surface area contributed by atoms with Crippen LogP contribution in [0.4, 0.5) is 20.7 Å². The molecule has 0 aliphatic carbocycles. The number of rotatable bonds is 5. The van der Waals surface area contributed by atoms with E-state index >= 15 is 0 Å². The molecule has 10 heteroatoms. The number of carbonyl (C=O) groups is 1. The first-order chi connectivity index (χ1) is 15.4. The minimum atomic E-state index is -0.705. The van der Waals surface area contributed by atoms with Crippen LogP contribution in [0.25, 0.3) is 0 Å². The molecule has 1 amide bonds. The van der Waals surface area contributed by atoms with E-state index in [0.29, 0.717) is 49.9 Å². The molecule has 2 saturated heterocycles. The van der Waals surface area contributed by atoms with Crippen molar-refractivity contribution >= 4 is 41.1 Å². The van der Waals surface area contributed by atoms with Crippen LogP contribution in [0, 0.1) is 0 Å². The number of benzene rings is 1. The number of hydrogen-bond acceptors (Lipinski definition) is 6. The summed E-state index contributed by atoms with van der Waals surface area (Å²) in [6.45, 7) is 6.41. The van der Waals surface area contributed by atoms with Crippen LogP contribution in [0.2, 0.25) is 5.02 Å². The molecule has 174 valence electrons. The van der Waals surface area contributed by atoms with Gasteiger partial charge < -0.3 is 14.5 Å². The number of aromatic nitrogens is 2. The highest BCUT2D eigenvalue weighted by Crippen LogP contribution is 2.30. The van der Waals surface area contributed by atoms with Gasteiger partial charge in [0.05, 0.1) is 10.7 Å². The number of anilines is 2. The van der Waals surface area contributed by atoms with Gasteiger partial charge in [-0.2, -0.15) is 4.68 Å². The van der Waals surface area contributed by atoms with Crippen LogP contribution >= 0.6 is 23.5 Å². The second-order valence-electron chi connectivity index (χ2n) is 8.45. The predicted molar refractivity (Wildman–Crippen MR) is 129 cm³/mol. The summed E-state index contributed by atoms with van der Waals surface area (Å²) in [6.07, 6.45) is 4.01. The fraction of sp³-hybridized carbons (Fsp3) is 0.545. The van der Waals surface area contributed by atoms with E-state index in [1.807, 2.05) is 17.2 Å². The average molecular weight is 481 g/mol. The molecule has 0 bridgehead atoms. The zero-order valence-corrected chi connectivity index (χ0v) is 20.1. The molecular weight excluding hydrogens is 451 g/mol. The number of piperidine rings is 1. The second kappa shape index (κ2) is 10.3. The van der Waals surface area contributed by atoms with Gasteiger partial charge in [-0.05, 0) is 37.5 Å². The lowest BCUT2D eigenvalue weighted by Crippen LogP contribution is -2.54. The maximum atomic E-state index is 13.5. The van der Waals surface area contributed by atoms with Gasteiger partial charge in [-0.3, -0.25) is 4.90 Å². The van der Waals surface area contributed by atoms with Gasteiger partial charge in [0.25, 0.3) is 0 Å². The Morgan fingerprint density at radius 2 is 2.03 bits per heavy atom. The van der Waals surface area contributed by atoms with E-state index in [0.717, 1.165) is 18.8 Å². The third-order valence-electron chi connectivity index (χ3n) is 6.19. The topological polar surface area (TPSA) is 56.6 Å². The van der Waals surface area contributed by atoms with Crippen molar-refractivity contribution in [1.82, 2.24) is 19.6 Å². The SMILES string of the molecule is CSNc1ccn(C(=O)N2CCN(Cc3ccc(Cl)c(N4CCC(F)CC4)c3)C(C)C2)n1. The first-order valence-corrected chi connectivity index (χ1v) is 12.6. The Morgan fingerprint density at radius 3 is 2.75 bits per heavy atom. The normalized spacial score (nSPS) is 20.6. The molecule has 0 saturated carbocycles. The molecule has 4 rings (SSSR count). The smallest absolute Gasteiger partial charge is 0.344 e. The number of nitrogens with zero attached hydrogens (tertiary/aromatic N) is 5. The minimum absolute atomic E-state index is 0.101. The van der Waals surface area contributed by atoms with E-state index < -0.39 is 6.17 Å². The van der Waals surface area contributed by atoms with E-state index in [4.69, 9.17) is 11.6 Å². The van der Waals surface area contributed by atoms with Crippen LogP contribution in [-0.2, 0) is 6.54 Å². The predicted octanol–water partition coefficient (Wildman–Crippen LogP) is 4.34. The van der Waals surface area contributed by atoms with E-state index in [1.165, 1.54) is 22.2 Å². The van der Waals surface area contributed by atoms with Crippen molar-refractivity contribution in [3.05, 3.63) is 41.0 Å². The molecule has 1 aromatic heterocycles. The van der Waals surface area contributed by atoms with Crippen molar-refractivity contribution in [3.63, 3.8) is 0 Å².